The molecule has 0 spiro atoms. The van der Waals surface area contributed by atoms with E-state index in [1.165, 1.54) is 0 Å². The average molecular weight is 995 g/mol. The Kier molecular flexibility index (Phi) is 19.5. The van der Waals surface area contributed by atoms with Gasteiger partial charge >= 0.3 is 0 Å². The van der Waals surface area contributed by atoms with E-state index in [1.54, 1.807) is 48.5 Å². The third-order valence-corrected chi connectivity index (χ3v) is 13.8. The largest absolute Gasteiger partial charge is 0.394 e. The average Bonchev–Trinajstić information content (AvgIpc) is 3.32. The van der Waals surface area contributed by atoms with Crippen LogP contribution in [-0.4, -0.2) is 231 Å². The molecule has 67 heavy (non-hydrogen) atoms. The first kappa shape index (κ1) is 53.6. The Morgan fingerprint density at radius 2 is 0.791 bits per heavy atom. The van der Waals surface area contributed by atoms with Gasteiger partial charge in [-0.2, -0.15) is 0 Å². The lowest BCUT2D eigenvalue weighted by Gasteiger charge is -2.46. The van der Waals surface area contributed by atoms with Crippen LogP contribution < -0.4 is 10.6 Å². The summed E-state index contributed by atoms with van der Waals surface area (Å²) in [6, 6.07) is 12.8. The Morgan fingerprint density at radius 3 is 1.12 bits per heavy atom. The van der Waals surface area contributed by atoms with Crippen molar-refractivity contribution in [3.63, 3.8) is 0 Å². The van der Waals surface area contributed by atoms with Gasteiger partial charge in [0, 0.05) is 34.0 Å². The molecule has 0 aliphatic carbocycles. The molecule has 24 nitrogen and oxygen atoms in total. The SMILES string of the molecule is O=C(CCCC(=O)Nc1ccc(S[C@@H]2O[C@H](CO)[C@@H](O[C@H]3O[C@H](CO)[C@@H](O)[C@H](O)[C@H]3O)[C@H](O)[C@H]2O)cc1)Nc1ccc(S[C@@H]2O[C@H](CO)[C@@H](O[C@H]3O[C@H](CO)[C@@H](O)[C@H](O)[C@H]3O)[C@H](O)[C@H]2O)cc1. The van der Waals surface area contributed by atoms with Crippen molar-refractivity contribution in [2.45, 2.75) is 150 Å². The Bertz CT molecular complexity index is 1740. The van der Waals surface area contributed by atoms with Crippen molar-refractivity contribution in [1.29, 1.82) is 0 Å². The molecule has 376 valence electrons. The van der Waals surface area contributed by atoms with Crippen molar-refractivity contribution >= 4 is 46.7 Å². The number of anilines is 2. The number of ether oxygens (including phenoxy) is 6. The molecule has 0 saturated carbocycles. The fraction of sp³-hybridized carbons (Fsp3) is 0.659. The second-order valence-corrected chi connectivity index (χ2v) is 18.6. The van der Waals surface area contributed by atoms with E-state index < -0.39 is 148 Å². The van der Waals surface area contributed by atoms with Crippen LogP contribution in [0.1, 0.15) is 19.3 Å². The minimum atomic E-state index is -1.79. The van der Waals surface area contributed by atoms with E-state index in [1.807, 2.05) is 0 Å². The van der Waals surface area contributed by atoms with E-state index >= 15 is 0 Å². The van der Waals surface area contributed by atoms with Gasteiger partial charge in [-0.1, -0.05) is 23.5 Å². The minimum absolute atomic E-state index is 0.00716. The van der Waals surface area contributed by atoms with Gasteiger partial charge in [0.05, 0.1) is 26.4 Å². The number of aliphatic hydroxyl groups is 14. The molecule has 4 heterocycles. The van der Waals surface area contributed by atoms with Gasteiger partial charge in [-0.05, 0) is 55.0 Å². The lowest BCUT2D eigenvalue weighted by atomic mass is 9.97. The first-order valence-electron chi connectivity index (χ1n) is 21.3. The summed E-state index contributed by atoms with van der Waals surface area (Å²) in [5.74, 6) is -0.736. The molecule has 0 unspecified atom stereocenters. The lowest BCUT2D eigenvalue weighted by Crippen LogP contribution is -2.64. The van der Waals surface area contributed by atoms with Crippen molar-refractivity contribution in [1.82, 2.24) is 0 Å². The molecule has 0 aromatic heterocycles. The molecule has 4 saturated heterocycles. The van der Waals surface area contributed by atoms with E-state index in [0.717, 1.165) is 23.5 Å². The van der Waals surface area contributed by atoms with E-state index in [4.69, 9.17) is 28.4 Å². The molecule has 2 aromatic rings. The van der Waals surface area contributed by atoms with Gasteiger partial charge < -0.3 is 111 Å². The number of benzene rings is 2. The maximum absolute atomic E-state index is 12.7. The number of rotatable bonds is 18. The number of carbonyl (C=O) groups excluding carboxylic acids is 2. The molecular formula is C41H58N2O22S2. The van der Waals surface area contributed by atoms with Crippen molar-refractivity contribution in [3.05, 3.63) is 48.5 Å². The summed E-state index contributed by atoms with van der Waals surface area (Å²) in [6.45, 7) is -2.81. The summed E-state index contributed by atoms with van der Waals surface area (Å²) in [5, 5.41) is 149. The van der Waals surface area contributed by atoms with E-state index in [9.17, 15) is 81.1 Å². The fourth-order valence-electron chi connectivity index (χ4n) is 7.66. The van der Waals surface area contributed by atoms with Crippen LogP contribution in [0.2, 0.25) is 0 Å². The van der Waals surface area contributed by atoms with Gasteiger partial charge in [0.25, 0.3) is 0 Å². The Morgan fingerprint density at radius 1 is 0.448 bits per heavy atom. The highest BCUT2D eigenvalue weighted by atomic mass is 32.2. The zero-order chi connectivity index (χ0) is 48.7. The Hall–Kier alpha value is -2.72. The minimum Gasteiger partial charge on any atom is -0.394 e. The standard InChI is InChI=1S/C41H58N2O22S2/c44-12-20-26(50)28(52)32(56)38(60-20)64-36-22(14-46)62-40(34(58)30(36)54)66-18-8-4-16(5-9-18)42-24(48)2-1-3-25(49)43-17-6-10-19(11-7-17)67-41-35(59)31(55)37(23(15-47)63-41)65-39-33(57)29(53)27(51)21(13-45)61-39/h4-11,20-23,26-41,44-47,50-59H,1-3,12-15H2,(H,42,48)(H,43,49)/t20-,21-,22-,23-,26-,27-,28+,29+,30-,31-,32-,33-,34-,35-,36-,37-,38-,39-,40+,41+/m1/s1. The highest BCUT2D eigenvalue weighted by Gasteiger charge is 2.52. The molecule has 16 N–H and O–H groups in total. The van der Waals surface area contributed by atoms with Gasteiger partial charge in [-0.3, -0.25) is 9.59 Å². The Labute approximate surface area is 391 Å². The van der Waals surface area contributed by atoms with Crippen LogP contribution in [0.25, 0.3) is 0 Å². The molecule has 20 atom stereocenters. The van der Waals surface area contributed by atoms with E-state index in [-0.39, 0.29) is 31.1 Å². The second-order valence-electron chi connectivity index (χ2n) is 16.2. The maximum atomic E-state index is 12.7. The number of aliphatic hydroxyl groups excluding tert-OH is 14. The van der Waals surface area contributed by atoms with Gasteiger partial charge in [0.2, 0.25) is 11.8 Å². The molecule has 2 amide bonds. The summed E-state index contributed by atoms with van der Waals surface area (Å²) < 4.78 is 33.5. The molecule has 26 heteroatoms. The zero-order valence-electron chi connectivity index (χ0n) is 35.5. The second kappa shape index (κ2) is 24.4. The van der Waals surface area contributed by atoms with Crippen LogP contribution >= 0.6 is 23.5 Å². The molecule has 4 aliphatic rings. The normalized spacial score (nSPS) is 39.1. The molecule has 2 aromatic carbocycles. The summed E-state index contributed by atoms with van der Waals surface area (Å²) in [6.07, 6.45) is -27.9. The number of amides is 2. The molecule has 4 fully saturated rings. The van der Waals surface area contributed by atoms with Crippen LogP contribution in [0.4, 0.5) is 11.4 Å². The fourth-order valence-corrected chi connectivity index (χ4v) is 9.78. The van der Waals surface area contributed by atoms with Crippen molar-refractivity contribution < 1.29 is 110 Å². The lowest BCUT2D eigenvalue weighted by molar-refractivity contribution is -0.338. The predicted octanol–water partition coefficient (Wildman–Crippen LogP) is -5.13. The first-order valence-corrected chi connectivity index (χ1v) is 23.0. The zero-order valence-corrected chi connectivity index (χ0v) is 37.1. The number of hydrogen-bond acceptors (Lipinski definition) is 24. The smallest absolute Gasteiger partial charge is 0.224 e. The molecule has 6 rings (SSSR count). The van der Waals surface area contributed by atoms with Gasteiger partial charge in [0.1, 0.15) is 109 Å². The topological polar surface area (TPSA) is 397 Å². The van der Waals surface area contributed by atoms with Crippen molar-refractivity contribution in [3.8, 4) is 0 Å². The van der Waals surface area contributed by atoms with Crippen molar-refractivity contribution in [2.75, 3.05) is 37.1 Å². The first-order chi connectivity index (χ1) is 32.0. The summed E-state index contributed by atoms with van der Waals surface area (Å²) in [7, 11) is 0. The molecular weight excluding hydrogens is 937 g/mol. The third-order valence-electron chi connectivity index (χ3n) is 11.5. The maximum Gasteiger partial charge on any atom is 0.224 e. The molecule has 4 aliphatic heterocycles. The molecule has 0 bridgehead atoms. The monoisotopic (exact) mass is 994 g/mol. The van der Waals surface area contributed by atoms with Crippen LogP contribution in [0.5, 0.6) is 0 Å². The van der Waals surface area contributed by atoms with Gasteiger partial charge in [-0.25, -0.2) is 0 Å². The van der Waals surface area contributed by atoms with Crippen LogP contribution in [-0.2, 0) is 38.0 Å². The molecule has 0 radical (unpaired) electrons. The third kappa shape index (κ3) is 13.0. The number of hydrogen-bond donors (Lipinski definition) is 16. The van der Waals surface area contributed by atoms with Crippen LogP contribution in [0.15, 0.2) is 58.3 Å². The summed E-state index contributed by atoms with van der Waals surface area (Å²) in [5.41, 5.74) is -1.37. The summed E-state index contributed by atoms with van der Waals surface area (Å²) in [4.78, 5) is 26.5. The highest BCUT2D eigenvalue weighted by Crippen LogP contribution is 2.38. The van der Waals surface area contributed by atoms with Gasteiger partial charge in [-0.15, -0.1) is 0 Å². The van der Waals surface area contributed by atoms with E-state index in [0.29, 0.717) is 21.2 Å². The van der Waals surface area contributed by atoms with Gasteiger partial charge in [0.15, 0.2) is 12.6 Å². The number of thioether (sulfide) groups is 2. The summed E-state index contributed by atoms with van der Waals surface area (Å²) >= 11 is 2.00. The quantitative estimate of drug-likeness (QED) is 0.0664. The number of carbonyl (C=O) groups is 2. The Balaban J connectivity index is 0.907. The van der Waals surface area contributed by atoms with E-state index in [2.05, 4.69) is 10.6 Å². The number of nitrogens with one attached hydrogen (secondary N) is 2. The predicted molar refractivity (Wildman–Crippen MR) is 229 cm³/mol. The van der Waals surface area contributed by atoms with Crippen molar-refractivity contribution in [2.24, 2.45) is 0 Å². The van der Waals surface area contributed by atoms with Crippen LogP contribution in [0, 0.1) is 0 Å². The van der Waals surface area contributed by atoms with Crippen LogP contribution in [0.3, 0.4) is 0 Å². The highest BCUT2D eigenvalue weighted by molar-refractivity contribution is 8.00.